The van der Waals surface area contributed by atoms with E-state index in [0.717, 1.165) is 43.0 Å². The molecule has 1 aromatic carbocycles. The van der Waals surface area contributed by atoms with Crippen LogP contribution in [0.5, 0.6) is 0 Å². The molecule has 1 saturated carbocycles. The summed E-state index contributed by atoms with van der Waals surface area (Å²) >= 11 is 0. The molecule has 7 nitrogen and oxygen atoms in total. The van der Waals surface area contributed by atoms with Gasteiger partial charge in [0.1, 0.15) is 23.3 Å². The second-order valence-electron chi connectivity index (χ2n) is 7.84. The van der Waals surface area contributed by atoms with Crippen molar-refractivity contribution in [2.24, 2.45) is 0 Å². The number of fused-ring (bicyclic) bond motifs is 2. The van der Waals surface area contributed by atoms with Crippen molar-refractivity contribution >= 4 is 16.9 Å². The van der Waals surface area contributed by atoms with Crippen LogP contribution in [-0.2, 0) is 24.2 Å². The minimum Gasteiger partial charge on any atom is -0.353 e. The molecule has 2 aromatic heterocycles. The summed E-state index contributed by atoms with van der Waals surface area (Å²) in [7, 11) is 0. The van der Waals surface area contributed by atoms with Crippen LogP contribution in [0.4, 0.5) is 4.39 Å². The molecule has 2 N–H and O–H groups in total. The van der Waals surface area contributed by atoms with Crippen molar-refractivity contribution in [3.63, 3.8) is 0 Å². The molecule has 0 bridgehead atoms. The highest BCUT2D eigenvalue weighted by molar-refractivity contribution is 5.77. The van der Waals surface area contributed by atoms with Gasteiger partial charge in [-0.2, -0.15) is 0 Å². The van der Waals surface area contributed by atoms with Gasteiger partial charge in [0.05, 0.1) is 11.0 Å². The van der Waals surface area contributed by atoms with Gasteiger partial charge in [-0.05, 0) is 43.9 Å². The molecule has 5 rings (SSSR count). The van der Waals surface area contributed by atoms with Crippen LogP contribution in [0, 0.1) is 5.82 Å². The number of nitrogens with zero attached hydrogens (tertiary/aromatic N) is 4. The number of H-pyrrole nitrogens is 1. The molecule has 1 fully saturated rings. The zero-order valence-electron chi connectivity index (χ0n) is 15.6. The molecule has 0 saturated heterocycles. The summed E-state index contributed by atoms with van der Waals surface area (Å²) in [4.78, 5) is 19.9. The molecule has 146 valence electrons. The van der Waals surface area contributed by atoms with Crippen LogP contribution in [0.25, 0.3) is 11.0 Å². The van der Waals surface area contributed by atoms with E-state index in [1.54, 1.807) is 6.07 Å². The zero-order chi connectivity index (χ0) is 19.1. The van der Waals surface area contributed by atoms with Crippen molar-refractivity contribution in [2.45, 2.75) is 63.5 Å². The second-order valence-corrected chi connectivity index (χ2v) is 7.84. The van der Waals surface area contributed by atoms with Crippen LogP contribution < -0.4 is 5.32 Å². The van der Waals surface area contributed by atoms with E-state index in [2.05, 4.69) is 30.0 Å². The average Bonchev–Trinajstić information content (AvgIpc) is 3.37. The lowest BCUT2D eigenvalue weighted by molar-refractivity contribution is -0.121. The number of amides is 1. The normalized spacial score (nSPS) is 19.4. The summed E-state index contributed by atoms with van der Waals surface area (Å²) in [5.41, 5.74) is 1.38. The van der Waals surface area contributed by atoms with E-state index in [9.17, 15) is 9.18 Å². The van der Waals surface area contributed by atoms with Crippen LogP contribution in [0.2, 0.25) is 0 Å². The van der Waals surface area contributed by atoms with E-state index >= 15 is 0 Å². The highest BCUT2D eigenvalue weighted by Gasteiger charge is 2.31. The predicted octanol–water partition coefficient (Wildman–Crippen LogP) is 2.62. The van der Waals surface area contributed by atoms with Crippen molar-refractivity contribution in [3.8, 4) is 0 Å². The van der Waals surface area contributed by atoms with Gasteiger partial charge in [-0.15, -0.1) is 10.2 Å². The Morgan fingerprint density at radius 1 is 1.25 bits per heavy atom. The number of hydrogen-bond donors (Lipinski definition) is 2. The van der Waals surface area contributed by atoms with E-state index in [4.69, 9.17) is 0 Å². The zero-order valence-corrected chi connectivity index (χ0v) is 15.6. The minimum atomic E-state index is -0.297. The monoisotopic (exact) mass is 382 g/mol. The van der Waals surface area contributed by atoms with E-state index in [0.29, 0.717) is 30.1 Å². The fourth-order valence-electron chi connectivity index (χ4n) is 3.98. The molecule has 28 heavy (non-hydrogen) atoms. The van der Waals surface area contributed by atoms with Gasteiger partial charge in [-0.1, -0.05) is 0 Å². The quantitative estimate of drug-likeness (QED) is 0.710. The molecule has 0 radical (unpaired) electrons. The van der Waals surface area contributed by atoms with Crippen LogP contribution in [-0.4, -0.2) is 36.7 Å². The van der Waals surface area contributed by atoms with Gasteiger partial charge in [-0.3, -0.25) is 4.79 Å². The first-order valence-electron chi connectivity index (χ1n) is 10.0. The topological polar surface area (TPSA) is 88.5 Å². The maximum absolute atomic E-state index is 13.3. The summed E-state index contributed by atoms with van der Waals surface area (Å²) in [6, 6.07) is 4.61. The number of carbonyl (C=O) groups is 1. The molecule has 1 aliphatic carbocycles. The predicted molar refractivity (Wildman–Crippen MR) is 101 cm³/mol. The molecule has 1 unspecified atom stereocenters. The van der Waals surface area contributed by atoms with Crippen LogP contribution in [0.1, 0.15) is 55.5 Å². The molecule has 3 aromatic rings. The Bertz CT molecular complexity index is 1020. The van der Waals surface area contributed by atoms with Gasteiger partial charge >= 0.3 is 0 Å². The largest absolute Gasteiger partial charge is 0.353 e. The lowest BCUT2D eigenvalue weighted by Crippen LogP contribution is -2.35. The maximum atomic E-state index is 13.3. The van der Waals surface area contributed by atoms with Gasteiger partial charge in [0.25, 0.3) is 0 Å². The Kier molecular flexibility index (Phi) is 4.33. The first-order valence-corrected chi connectivity index (χ1v) is 10.0. The minimum absolute atomic E-state index is 0.0247. The third kappa shape index (κ3) is 3.50. The number of nitrogens with one attached hydrogen (secondary N) is 2. The Labute approximate surface area is 161 Å². The Morgan fingerprint density at radius 3 is 3.00 bits per heavy atom. The molecule has 1 aliphatic heterocycles. The molecule has 8 heteroatoms. The lowest BCUT2D eigenvalue weighted by Gasteiger charge is -2.16. The number of aromatic nitrogens is 5. The smallest absolute Gasteiger partial charge is 0.220 e. The van der Waals surface area contributed by atoms with Crippen molar-refractivity contribution in [1.29, 1.82) is 0 Å². The van der Waals surface area contributed by atoms with Crippen molar-refractivity contribution in [3.05, 3.63) is 41.5 Å². The summed E-state index contributed by atoms with van der Waals surface area (Å²) in [5.74, 6) is 3.20. The molecular formula is C20H23FN6O. The van der Waals surface area contributed by atoms with E-state index in [-0.39, 0.29) is 17.8 Å². The summed E-state index contributed by atoms with van der Waals surface area (Å²) in [6.07, 6.45) is 5.93. The number of rotatable bonds is 5. The van der Waals surface area contributed by atoms with E-state index < -0.39 is 0 Å². The molecular weight excluding hydrogens is 359 g/mol. The van der Waals surface area contributed by atoms with Crippen molar-refractivity contribution in [2.75, 3.05) is 0 Å². The van der Waals surface area contributed by atoms with E-state index in [1.165, 1.54) is 25.0 Å². The van der Waals surface area contributed by atoms with Gasteiger partial charge in [0.15, 0.2) is 0 Å². The Hall–Kier alpha value is -2.77. The number of aromatic amines is 1. The standard InChI is InChI=1S/C20H23FN6O/c21-13-3-5-15-16(11-13)24-17(23-15)6-8-19(28)22-14-4-7-18-25-26-20(12-1-2-12)27(18)10-9-14/h3,5,11-12,14H,1-2,4,6-10H2,(H,22,28)(H,23,24). The maximum Gasteiger partial charge on any atom is 0.220 e. The van der Waals surface area contributed by atoms with E-state index in [1.807, 2.05) is 0 Å². The summed E-state index contributed by atoms with van der Waals surface area (Å²) < 4.78 is 15.5. The number of imidazole rings is 1. The van der Waals surface area contributed by atoms with Gasteiger partial charge in [0.2, 0.25) is 5.91 Å². The Balaban J connectivity index is 1.15. The lowest BCUT2D eigenvalue weighted by atomic mass is 10.1. The number of hydrogen-bond acceptors (Lipinski definition) is 4. The highest BCUT2D eigenvalue weighted by Crippen LogP contribution is 2.39. The SMILES string of the molecule is O=C(CCc1nc2ccc(F)cc2[nH]1)NC1CCc2nnc(C3CC3)n2CC1. The first kappa shape index (κ1) is 17.3. The van der Waals surface area contributed by atoms with Gasteiger partial charge in [-0.25, -0.2) is 9.37 Å². The third-order valence-corrected chi connectivity index (χ3v) is 5.66. The second kappa shape index (κ2) is 7.00. The fourth-order valence-corrected chi connectivity index (χ4v) is 3.98. The number of benzene rings is 1. The first-order chi connectivity index (χ1) is 13.7. The van der Waals surface area contributed by atoms with Gasteiger partial charge in [0, 0.05) is 37.8 Å². The molecule has 0 spiro atoms. The molecule has 1 atom stereocenters. The third-order valence-electron chi connectivity index (χ3n) is 5.66. The molecule has 3 heterocycles. The molecule has 2 aliphatic rings. The fraction of sp³-hybridized carbons (Fsp3) is 0.500. The summed E-state index contributed by atoms with van der Waals surface area (Å²) in [6.45, 7) is 0.869. The number of halogens is 1. The highest BCUT2D eigenvalue weighted by atomic mass is 19.1. The van der Waals surface area contributed by atoms with Crippen molar-refractivity contribution in [1.82, 2.24) is 30.0 Å². The number of carbonyl (C=O) groups excluding carboxylic acids is 1. The van der Waals surface area contributed by atoms with Crippen LogP contribution >= 0.6 is 0 Å². The summed E-state index contributed by atoms with van der Waals surface area (Å²) in [5, 5.41) is 11.9. The number of aryl methyl sites for hydroxylation is 2. The molecule has 1 amide bonds. The van der Waals surface area contributed by atoms with Crippen LogP contribution in [0.3, 0.4) is 0 Å². The van der Waals surface area contributed by atoms with Crippen LogP contribution in [0.15, 0.2) is 18.2 Å². The average molecular weight is 382 g/mol. The Morgan fingerprint density at radius 2 is 2.14 bits per heavy atom. The van der Waals surface area contributed by atoms with Crippen molar-refractivity contribution < 1.29 is 9.18 Å². The van der Waals surface area contributed by atoms with Gasteiger partial charge < -0.3 is 14.9 Å².